The molecule has 6 atom stereocenters. The lowest BCUT2D eigenvalue weighted by atomic mass is 9.92. The fraction of sp³-hybridized carbons (Fsp3) is 0.578. The summed E-state index contributed by atoms with van der Waals surface area (Å²) >= 11 is 6.36. The molecule has 1 fully saturated rings. The van der Waals surface area contributed by atoms with Crippen molar-refractivity contribution in [3.05, 3.63) is 76.3 Å². The van der Waals surface area contributed by atoms with Gasteiger partial charge in [0.15, 0.2) is 6.10 Å². The van der Waals surface area contributed by atoms with Gasteiger partial charge in [-0.15, -0.1) is 0 Å². The van der Waals surface area contributed by atoms with Gasteiger partial charge in [-0.3, -0.25) is 14.4 Å². The third-order valence-electron chi connectivity index (χ3n) is 10.1. The van der Waals surface area contributed by atoms with E-state index >= 15 is 0 Å². The summed E-state index contributed by atoms with van der Waals surface area (Å²) in [5, 5.41) is 8.71. The first kappa shape index (κ1) is 47.1. The average Bonchev–Trinajstić information content (AvgIpc) is 3.96. The number of alkyl carbamates (subject to hydrolysis) is 1. The van der Waals surface area contributed by atoms with Gasteiger partial charge in [0.1, 0.15) is 29.6 Å². The molecule has 0 spiro atoms. The van der Waals surface area contributed by atoms with Crippen LogP contribution in [0.4, 0.5) is 4.79 Å². The van der Waals surface area contributed by atoms with Crippen molar-refractivity contribution in [2.24, 2.45) is 17.3 Å². The third-order valence-corrected chi connectivity index (χ3v) is 10.4. The van der Waals surface area contributed by atoms with Gasteiger partial charge in [-0.25, -0.2) is 9.59 Å². The fourth-order valence-electron chi connectivity index (χ4n) is 6.65. The molecule has 13 nitrogen and oxygen atoms in total. The van der Waals surface area contributed by atoms with Crippen LogP contribution in [0.3, 0.4) is 0 Å². The zero-order valence-corrected chi connectivity index (χ0v) is 36.6. The highest BCUT2D eigenvalue weighted by atomic mass is 35.5. The second kappa shape index (κ2) is 21.1. The first-order valence-electron chi connectivity index (χ1n) is 20.5. The van der Waals surface area contributed by atoms with Crippen LogP contribution in [0.1, 0.15) is 104 Å². The number of rotatable bonds is 13. The second-order valence-corrected chi connectivity index (χ2v) is 17.9. The number of amides is 3. The molecule has 3 N–H and O–H groups in total. The molecular formula is C45H62ClN3O10. The van der Waals surface area contributed by atoms with Gasteiger partial charge < -0.3 is 39.6 Å². The predicted octanol–water partition coefficient (Wildman–Crippen LogP) is 6.97. The molecule has 59 heavy (non-hydrogen) atoms. The van der Waals surface area contributed by atoms with Crippen molar-refractivity contribution in [2.45, 2.75) is 130 Å². The van der Waals surface area contributed by atoms with Crippen LogP contribution < -0.4 is 20.7 Å². The minimum absolute atomic E-state index is 0.00606. The van der Waals surface area contributed by atoms with Crippen molar-refractivity contribution in [2.75, 3.05) is 20.2 Å². The van der Waals surface area contributed by atoms with Gasteiger partial charge in [0, 0.05) is 31.8 Å². The lowest BCUT2D eigenvalue weighted by Gasteiger charge is -2.29. The van der Waals surface area contributed by atoms with E-state index in [-0.39, 0.29) is 49.9 Å². The van der Waals surface area contributed by atoms with Crippen molar-refractivity contribution in [3.8, 4) is 5.75 Å². The summed E-state index contributed by atoms with van der Waals surface area (Å²) < 4.78 is 28.7. The predicted molar refractivity (Wildman–Crippen MR) is 224 cm³/mol. The molecule has 0 unspecified atom stereocenters. The van der Waals surface area contributed by atoms with Crippen molar-refractivity contribution in [3.63, 3.8) is 0 Å². The Morgan fingerprint density at radius 1 is 1.00 bits per heavy atom. The number of methoxy groups -OCH3 is 1. The highest BCUT2D eigenvalue weighted by Crippen LogP contribution is 2.45. The maximum Gasteiger partial charge on any atom is 0.407 e. The van der Waals surface area contributed by atoms with Crippen LogP contribution >= 0.6 is 11.6 Å². The van der Waals surface area contributed by atoms with E-state index in [4.69, 9.17) is 35.3 Å². The number of carbonyl (C=O) groups is 5. The summed E-state index contributed by atoms with van der Waals surface area (Å²) in [5.74, 6) is -2.23. The Morgan fingerprint density at radius 3 is 2.34 bits per heavy atom. The van der Waals surface area contributed by atoms with Crippen LogP contribution in [0.25, 0.3) is 0 Å². The third kappa shape index (κ3) is 14.9. The van der Waals surface area contributed by atoms with Gasteiger partial charge in [-0.1, -0.05) is 68.8 Å². The molecule has 4 rings (SSSR count). The quantitative estimate of drug-likeness (QED) is 0.0829. The molecule has 2 aliphatic heterocycles. The van der Waals surface area contributed by atoms with Gasteiger partial charge in [0.25, 0.3) is 0 Å². The summed E-state index contributed by atoms with van der Waals surface area (Å²) in [5.41, 5.74) is 1.07. The number of benzene rings is 2. The zero-order valence-electron chi connectivity index (χ0n) is 35.9. The lowest BCUT2D eigenvalue weighted by Crippen LogP contribution is -2.51. The minimum Gasteiger partial charge on any atom is -0.495 e. The maximum absolute atomic E-state index is 13.8. The Hall–Kier alpha value is -4.62. The number of aryl methyl sites for hydroxylation is 1. The number of nitrogens with one attached hydrogen (secondary N) is 3. The normalized spacial score (nSPS) is 23.9. The number of carbonyl (C=O) groups excluding carboxylic acids is 5. The lowest BCUT2D eigenvalue weighted by molar-refractivity contribution is -0.179. The number of hydrogen-bond acceptors (Lipinski definition) is 10. The SMILES string of the molecule is COc1ccc(C[C@H]2NC(=O)/C=C/C[C@@H]([C@H](C)[C@H]3O[C@@H]3c3ccc(CCCCNC(=O)OC(C)(C)C)cc3)OC(=O)[C@H](CC(C)C)OC(=O)C(C)(C)CNC2=O)cc1Cl. The van der Waals surface area contributed by atoms with E-state index in [1.165, 1.54) is 13.2 Å². The van der Waals surface area contributed by atoms with Gasteiger partial charge in [-0.05, 0) is 101 Å². The van der Waals surface area contributed by atoms with Gasteiger partial charge in [0.2, 0.25) is 11.8 Å². The molecule has 1 saturated heterocycles. The Bertz CT molecular complexity index is 1810. The molecule has 0 bridgehead atoms. The van der Waals surface area contributed by atoms with E-state index in [0.29, 0.717) is 22.9 Å². The number of epoxide rings is 1. The van der Waals surface area contributed by atoms with Gasteiger partial charge in [-0.2, -0.15) is 0 Å². The van der Waals surface area contributed by atoms with E-state index in [2.05, 4.69) is 28.1 Å². The Balaban J connectivity index is 1.47. The summed E-state index contributed by atoms with van der Waals surface area (Å²) in [6.45, 7) is 14.9. The Labute approximate surface area is 353 Å². The van der Waals surface area contributed by atoms with Crippen LogP contribution in [-0.2, 0) is 51.0 Å². The topological polar surface area (TPSA) is 171 Å². The van der Waals surface area contributed by atoms with E-state index in [1.807, 2.05) is 53.7 Å². The number of esters is 2. The van der Waals surface area contributed by atoms with Gasteiger partial charge in [0.05, 0.1) is 23.7 Å². The molecule has 2 aromatic rings. The standard InChI is InChI=1S/C45H62ClN3O10/c1-27(2)23-36-41(52)56-34(28(3)38-39(58-38)31-19-16-29(17-20-31)13-10-11-22-47-43(54)59-44(4,5)6)14-12-15-37(50)49-33(25-30-18-21-35(55-9)32(46)24-30)40(51)48-26-45(7,8)42(53)57-36/h12,15-21,24,27-28,33-34,36,38-39H,10-11,13-14,22-23,25-26H2,1-9H3,(H,47,54)(H,48,51)(H,49,50)/b15-12+/t28-,33+,34-,36-,38+,39+/m0/s1. The van der Waals surface area contributed by atoms with E-state index in [1.54, 1.807) is 38.1 Å². The second-order valence-electron chi connectivity index (χ2n) is 17.5. The molecule has 2 aromatic carbocycles. The first-order valence-corrected chi connectivity index (χ1v) is 20.8. The maximum atomic E-state index is 13.8. The van der Waals surface area contributed by atoms with Crippen molar-refractivity contribution >= 4 is 41.4 Å². The molecule has 3 amide bonds. The van der Waals surface area contributed by atoms with Crippen LogP contribution in [0.2, 0.25) is 5.02 Å². The Kier molecular flexibility index (Phi) is 16.8. The van der Waals surface area contributed by atoms with Crippen molar-refractivity contribution in [1.29, 1.82) is 0 Å². The number of halogens is 1. The van der Waals surface area contributed by atoms with E-state index in [0.717, 1.165) is 30.4 Å². The molecule has 0 aromatic heterocycles. The molecule has 2 heterocycles. The van der Waals surface area contributed by atoms with Crippen LogP contribution in [0.5, 0.6) is 5.75 Å². The van der Waals surface area contributed by atoms with E-state index in [9.17, 15) is 24.0 Å². The Morgan fingerprint density at radius 2 is 1.69 bits per heavy atom. The summed E-state index contributed by atoms with van der Waals surface area (Å²) in [6.07, 6.45) is 3.16. The molecule has 2 aliphatic rings. The highest BCUT2D eigenvalue weighted by molar-refractivity contribution is 6.32. The molecule has 0 aliphatic carbocycles. The molecule has 0 saturated carbocycles. The highest BCUT2D eigenvalue weighted by Gasteiger charge is 2.48. The molecular weight excluding hydrogens is 778 g/mol. The average molecular weight is 840 g/mol. The van der Waals surface area contributed by atoms with Crippen molar-refractivity contribution < 1.29 is 47.7 Å². The first-order chi connectivity index (χ1) is 27.8. The zero-order chi connectivity index (χ0) is 43.5. The van der Waals surface area contributed by atoms with Crippen LogP contribution in [0, 0.1) is 17.3 Å². The van der Waals surface area contributed by atoms with Gasteiger partial charge >= 0.3 is 18.0 Å². The molecule has 0 radical (unpaired) electrons. The number of hydrogen-bond donors (Lipinski definition) is 3. The molecule has 14 heteroatoms. The minimum atomic E-state index is -1.23. The van der Waals surface area contributed by atoms with Crippen LogP contribution in [-0.4, -0.2) is 80.0 Å². The van der Waals surface area contributed by atoms with Crippen LogP contribution in [0.15, 0.2) is 54.6 Å². The van der Waals surface area contributed by atoms with Crippen molar-refractivity contribution in [1.82, 2.24) is 16.0 Å². The number of ether oxygens (including phenoxy) is 5. The summed E-state index contributed by atoms with van der Waals surface area (Å²) in [6, 6.07) is 12.3. The summed E-state index contributed by atoms with van der Waals surface area (Å²) in [4.78, 5) is 66.2. The largest absolute Gasteiger partial charge is 0.495 e. The number of cyclic esters (lactones) is 2. The fourth-order valence-corrected chi connectivity index (χ4v) is 6.94. The molecule has 324 valence electrons. The van der Waals surface area contributed by atoms with E-state index < -0.39 is 59.1 Å². The summed E-state index contributed by atoms with van der Waals surface area (Å²) in [7, 11) is 1.50. The monoisotopic (exact) mass is 839 g/mol. The smallest absolute Gasteiger partial charge is 0.407 e. The number of unbranched alkanes of at least 4 members (excludes halogenated alkanes) is 1.